The summed E-state index contributed by atoms with van der Waals surface area (Å²) in [7, 11) is 0. The van der Waals surface area contributed by atoms with Gasteiger partial charge in [-0.3, -0.25) is 0 Å². The molecule has 13 heavy (non-hydrogen) atoms. The van der Waals surface area contributed by atoms with Crippen molar-refractivity contribution >= 4 is 0 Å². The molecule has 0 spiro atoms. The first kappa shape index (κ1) is 8.07. The van der Waals surface area contributed by atoms with Crippen LogP contribution in [0.5, 0.6) is 0 Å². The van der Waals surface area contributed by atoms with E-state index < -0.39 is 0 Å². The molecule has 1 N–H and O–H groups in total. The predicted octanol–water partition coefficient (Wildman–Crippen LogP) is 1.35. The van der Waals surface area contributed by atoms with E-state index >= 15 is 0 Å². The Bertz CT molecular complexity index is 364. The Kier molecular flexibility index (Phi) is 2.14. The van der Waals surface area contributed by atoms with Gasteiger partial charge in [0.2, 0.25) is 5.89 Å². The Morgan fingerprint density at radius 3 is 2.92 bits per heavy atom. The molecular formula is C9H9NO3. The molecule has 2 rings (SSSR count). The van der Waals surface area contributed by atoms with Gasteiger partial charge in [0.25, 0.3) is 0 Å². The van der Waals surface area contributed by atoms with Crippen molar-refractivity contribution in [2.75, 3.05) is 0 Å². The summed E-state index contributed by atoms with van der Waals surface area (Å²) in [4.78, 5) is 4.03. The topological polar surface area (TPSA) is 59.4 Å². The van der Waals surface area contributed by atoms with Crippen LogP contribution in [0, 0.1) is 0 Å². The molecule has 0 aromatic carbocycles. The van der Waals surface area contributed by atoms with Crippen molar-refractivity contribution in [1.29, 1.82) is 0 Å². The molecule has 0 saturated carbocycles. The van der Waals surface area contributed by atoms with Crippen LogP contribution >= 0.6 is 0 Å². The molecule has 2 aromatic rings. The summed E-state index contributed by atoms with van der Waals surface area (Å²) < 4.78 is 10.2. The third-order valence-corrected chi connectivity index (χ3v) is 1.67. The molecule has 0 amide bonds. The van der Waals surface area contributed by atoms with E-state index in [1.54, 1.807) is 6.26 Å². The van der Waals surface area contributed by atoms with E-state index in [1.807, 2.05) is 12.1 Å². The number of hydrogen-bond donors (Lipinski definition) is 1. The summed E-state index contributed by atoms with van der Waals surface area (Å²) in [5.74, 6) is 1.35. The van der Waals surface area contributed by atoms with Crippen LogP contribution in [0.4, 0.5) is 0 Å². The molecule has 0 bridgehead atoms. The minimum atomic E-state index is -0.0956. The van der Waals surface area contributed by atoms with Crippen molar-refractivity contribution < 1.29 is 13.9 Å². The lowest BCUT2D eigenvalue weighted by molar-refractivity contribution is 0.276. The molecule has 0 radical (unpaired) electrons. The third-order valence-electron chi connectivity index (χ3n) is 1.67. The van der Waals surface area contributed by atoms with Crippen molar-refractivity contribution in [3.8, 4) is 0 Å². The van der Waals surface area contributed by atoms with E-state index in [0.29, 0.717) is 18.0 Å². The smallest absolute Gasteiger partial charge is 0.201 e. The standard InChI is InChI=1S/C9H9NO3/c11-5-7-6-13-9(10-7)4-8-2-1-3-12-8/h1-3,6,11H,4-5H2. The summed E-state index contributed by atoms with van der Waals surface area (Å²) in [6.07, 6.45) is 3.57. The highest BCUT2D eigenvalue weighted by molar-refractivity contribution is 5.06. The molecule has 4 heteroatoms. The Hall–Kier alpha value is -1.55. The monoisotopic (exact) mass is 179 g/mol. The predicted molar refractivity (Wildman–Crippen MR) is 43.9 cm³/mol. The van der Waals surface area contributed by atoms with Gasteiger partial charge in [0.1, 0.15) is 17.7 Å². The van der Waals surface area contributed by atoms with Gasteiger partial charge < -0.3 is 13.9 Å². The van der Waals surface area contributed by atoms with E-state index in [-0.39, 0.29) is 6.61 Å². The van der Waals surface area contributed by atoms with Crippen LogP contribution in [-0.2, 0) is 13.0 Å². The first-order valence-corrected chi connectivity index (χ1v) is 3.95. The van der Waals surface area contributed by atoms with Crippen LogP contribution in [0.25, 0.3) is 0 Å². The first-order chi connectivity index (χ1) is 6.38. The normalized spacial score (nSPS) is 10.5. The van der Waals surface area contributed by atoms with Gasteiger partial charge in [-0.15, -0.1) is 0 Å². The van der Waals surface area contributed by atoms with Gasteiger partial charge in [-0.05, 0) is 12.1 Å². The zero-order valence-corrected chi connectivity index (χ0v) is 6.93. The van der Waals surface area contributed by atoms with Gasteiger partial charge in [-0.2, -0.15) is 0 Å². The summed E-state index contributed by atoms with van der Waals surface area (Å²) in [6.45, 7) is -0.0956. The number of rotatable bonds is 3. The van der Waals surface area contributed by atoms with Gasteiger partial charge in [-0.25, -0.2) is 4.98 Å². The molecular weight excluding hydrogens is 170 g/mol. The van der Waals surface area contributed by atoms with Crippen LogP contribution in [0.2, 0.25) is 0 Å². The molecule has 68 valence electrons. The lowest BCUT2D eigenvalue weighted by Crippen LogP contribution is -1.87. The summed E-state index contributed by atoms with van der Waals surface area (Å²) in [5, 5.41) is 8.73. The van der Waals surface area contributed by atoms with E-state index in [2.05, 4.69) is 4.98 Å². The van der Waals surface area contributed by atoms with Gasteiger partial charge in [0.05, 0.1) is 19.3 Å². The Labute approximate surface area is 74.8 Å². The molecule has 4 nitrogen and oxygen atoms in total. The zero-order chi connectivity index (χ0) is 9.10. The first-order valence-electron chi connectivity index (χ1n) is 3.95. The SMILES string of the molecule is OCc1coc(Cc2ccco2)n1. The largest absolute Gasteiger partial charge is 0.469 e. The van der Waals surface area contributed by atoms with Crippen LogP contribution in [0.1, 0.15) is 17.3 Å². The van der Waals surface area contributed by atoms with Gasteiger partial charge in [-0.1, -0.05) is 0 Å². The zero-order valence-electron chi connectivity index (χ0n) is 6.93. The second-order valence-corrected chi connectivity index (χ2v) is 2.65. The molecule has 0 unspecified atom stereocenters. The van der Waals surface area contributed by atoms with Crippen LogP contribution in [0.15, 0.2) is 33.5 Å². The number of hydrogen-bond acceptors (Lipinski definition) is 4. The molecule has 2 aromatic heterocycles. The number of aromatic nitrogens is 1. The number of aliphatic hydroxyl groups is 1. The fourth-order valence-corrected chi connectivity index (χ4v) is 1.06. The van der Waals surface area contributed by atoms with Gasteiger partial charge >= 0.3 is 0 Å². The van der Waals surface area contributed by atoms with E-state index in [1.165, 1.54) is 6.26 Å². The fraction of sp³-hybridized carbons (Fsp3) is 0.222. The van der Waals surface area contributed by atoms with Crippen molar-refractivity contribution in [2.45, 2.75) is 13.0 Å². The van der Waals surface area contributed by atoms with Crippen LogP contribution in [0.3, 0.4) is 0 Å². The maximum Gasteiger partial charge on any atom is 0.201 e. The van der Waals surface area contributed by atoms with Crippen LogP contribution in [-0.4, -0.2) is 10.1 Å². The van der Waals surface area contributed by atoms with E-state index in [4.69, 9.17) is 13.9 Å². The second-order valence-electron chi connectivity index (χ2n) is 2.65. The van der Waals surface area contributed by atoms with E-state index in [9.17, 15) is 0 Å². The molecule has 0 saturated heterocycles. The van der Waals surface area contributed by atoms with Gasteiger partial charge in [0, 0.05) is 0 Å². The lowest BCUT2D eigenvalue weighted by Gasteiger charge is -1.88. The number of oxazole rings is 1. The highest BCUT2D eigenvalue weighted by atomic mass is 16.4. The van der Waals surface area contributed by atoms with Crippen molar-refractivity contribution in [2.24, 2.45) is 0 Å². The molecule has 0 aliphatic rings. The molecule has 2 heterocycles. The quantitative estimate of drug-likeness (QED) is 0.772. The van der Waals surface area contributed by atoms with Crippen molar-refractivity contribution in [1.82, 2.24) is 4.98 Å². The molecule has 0 fully saturated rings. The summed E-state index contributed by atoms with van der Waals surface area (Å²) in [5.41, 5.74) is 0.543. The minimum absolute atomic E-state index is 0.0956. The maximum atomic E-state index is 8.73. The average Bonchev–Trinajstić information content (AvgIpc) is 2.76. The fourth-order valence-electron chi connectivity index (χ4n) is 1.06. The maximum absolute atomic E-state index is 8.73. The van der Waals surface area contributed by atoms with Gasteiger partial charge in [0.15, 0.2) is 0 Å². The highest BCUT2D eigenvalue weighted by Crippen LogP contribution is 2.09. The number of aliphatic hydroxyl groups excluding tert-OH is 1. The molecule has 0 aliphatic carbocycles. The molecule has 0 atom stereocenters. The third kappa shape index (κ3) is 1.78. The Balaban J connectivity index is 2.10. The summed E-state index contributed by atoms with van der Waals surface area (Å²) >= 11 is 0. The Morgan fingerprint density at radius 2 is 2.31 bits per heavy atom. The molecule has 0 aliphatic heterocycles. The minimum Gasteiger partial charge on any atom is -0.469 e. The van der Waals surface area contributed by atoms with Crippen molar-refractivity contribution in [3.05, 3.63) is 42.0 Å². The number of furan rings is 1. The Morgan fingerprint density at radius 1 is 1.38 bits per heavy atom. The second kappa shape index (κ2) is 3.45. The van der Waals surface area contributed by atoms with Crippen molar-refractivity contribution in [3.63, 3.8) is 0 Å². The summed E-state index contributed by atoms with van der Waals surface area (Å²) in [6, 6.07) is 3.66. The lowest BCUT2D eigenvalue weighted by atomic mass is 10.3. The van der Waals surface area contributed by atoms with Crippen LogP contribution < -0.4 is 0 Å². The highest BCUT2D eigenvalue weighted by Gasteiger charge is 2.05. The number of nitrogens with zero attached hydrogens (tertiary/aromatic N) is 1. The average molecular weight is 179 g/mol. The van der Waals surface area contributed by atoms with E-state index in [0.717, 1.165) is 5.76 Å².